The van der Waals surface area contributed by atoms with Crippen LogP contribution < -0.4 is 0 Å². The molecule has 1 aliphatic carbocycles. The summed E-state index contributed by atoms with van der Waals surface area (Å²) in [5.41, 5.74) is 1.60. The fourth-order valence-corrected chi connectivity index (χ4v) is 1.87. The van der Waals surface area contributed by atoms with Gasteiger partial charge in [-0.05, 0) is 19.3 Å². The Bertz CT molecular complexity index is 385. The van der Waals surface area contributed by atoms with Crippen molar-refractivity contribution in [3.8, 4) is 0 Å². The normalized spacial score (nSPS) is 16.4. The summed E-state index contributed by atoms with van der Waals surface area (Å²) in [7, 11) is -4.15. The van der Waals surface area contributed by atoms with Gasteiger partial charge in [-0.2, -0.15) is 8.42 Å². The number of H-pyrrole nitrogens is 1. The second-order valence-corrected chi connectivity index (χ2v) is 4.13. The molecule has 0 saturated heterocycles. The van der Waals surface area contributed by atoms with Crippen molar-refractivity contribution >= 4 is 10.1 Å². The van der Waals surface area contributed by atoms with Gasteiger partial charge in [-0.3, -0.25) is 4.55 Å². The maximum atomic E-state index is 10.6. The number of hydrogen-bond acceptors (Lipinski definition) is 3. The maximum absolute atomic E-state index is 10.6. The molecular weight excluding hydrogens is 180 g/mol. The van der Waals surface area contributed by atoms with E-state index in [9.17, 15) is 8.42 Å². The number of aromatic amines is 1. The van der Waals surface area contributed by atoms with Crippen LogP contribution in [0.3, 0.4) is 0 Å². The van der Waals surface area contributed by atoms with E-state index in [1.54, 1.807) is 0 Å². The molecule has 0 bridgehead atoms. The Morgan fingerprint density at radius 1 is 1.42 bits per heavy atom. The van der Waals surface area contributed by atoms with E-state index in [4.69, 9.17) is 4.55 Å². The molecule has 0 aliphatic heterocycles. The van der Waals surface area contributed by atoms with E-state index in [0.717, 1.165) is 30.7 Å². The highest BCUT2D eigenvalue weighted by Crippen LogP contribution is 2.20. The van der Waals surface area contributed by atoms with Crippen molar-refractivity contribution < 1.29 is 13.0 Å². The lowest BCUT2D eigenvalue weighted by Crippen LogP contribution is -2.01. The number of nitrogens with one attached hydrogen (secondary N) is 1. The molecule has 5 nitrogen and oxygen atoms in total. The number of hydrogen-bond donors (Lipinski definition) is 2. The van der Waals surface area contributed by atoms with Crippen LogP contribution in [0.1, 0.15) is 17.8 Å². The van der Waals surface area contributed by atoms with E-state index in [1.807, 2.05) is 0 Å². The number of fused-ring (bicyclic) bond motifs is 1. The topological polar surface area (TPSA) is 83.1 Å². The smallest absolute Gasteiger partial charge is 0.328 e. The third kappa shape index (κ3) is 1.12. The van der Waals surface area contributed by atoms with Gasteiger partial charge in [0.2, 0.25) is 0 Å². The molecule has 0 fully saturated rings. The second kappa shape index (κ2) is 2.30. The molecular formula is C6H8N2O3S. The highest BCUT2D eigenvalue weighted by molar-refractivity contribution is 7.85. The van der Waals surface area contributed by atoms with E-state index >= 15 is 0 Å². The Morgan fingerprint density at radius 2 is 2.17 bits per heavy atom. The van der Waals surface area contributed by atoms with Gasteiger partial charge in [-0.25, -0.2) is 4.98 Å². The minimum absolute atomic E-state index is 0.327. The van der Waals surface area contributed by atoms with Gasteiger partial charge in [0.1, 0.15) is 0 Å². The Kier molecular flexibility index (Phi) is 1.49. The molecule has 2 N–H and O–H groups in total. The monoisotopic (exact) mass is 188 g/mol. The first-order valence-corrected chi connectivity index (χ1v) is 5.06. The summed E-state index contributed by atoms with van der Waals surface area (Å²) in [5.74, 6) is 0. The molecule has 0 amide bonds. The number of rotatable bonds is 1. The molecule has 6 heteroatoms. The lowest BCUT2D eigenvalue weighted by molar-refractivity contribution is 0.475. The first kappa shape index (κ1) is 7.75. The molecule has 1 heterocycles. The third-order valence-electron chi connectivity index (χ3n) is 1.93. The van der Waals surface area contributed by atoms with Crippen molar-refractivity contribution in [1.29, 1.82) is 0 Å². The van der Waals surface area contributed by atoms with Crippen LogP contribution in [0.4, 0.5) is 0 Å². The predicted octanol–water partition coefficient (Wildman–Crippen LogP) is 0.145. The Labute approximate surface area is 69.6 Å². The standard InChI is InChI=1S/C6H8N2O3S/c9-12(10,11)6-7-4-2-1-3-5(4)8-6/h1-3H2,(H,7,8)(H,9,10,11). The van der Waals surface area contributed by atoms with Gasteiger partial charge in [0.25, 0.3) is 5.16 Å². The van der Waals surface area contributed by atoms with E-state index in [1.165, 1.54) is 0 Å². The molecule has 0 unspecified atom stereocenters. The summed E-state index contributed by atoms with van der Waals surface area (Å²) in [4.78, 5) is 6.35. The maximum Gasteiger partial charge on any atom is 0.328 e. The van der Waals surface area contributed by atoms with E-state index in [-0.39, 0.29) is 5.16 Å². The molecule has 1 aromatic rings. The van der Waals surface area contributed by atoms with Crippen molar-refractivity contribution in [3.63, 3.8) is 0 Å². The number of aromatic nitrogens is 2. The van der Waals surface area contributed by atoms with E-state index < -0.39 is 10.1 Å². The minimum Gasteiger partial charge on any atom is -0.330 e. The molecule has 0 spiro atoms. The molecule has 0 radical (unpaired) electrons. The molecule has 1 aromatic heterocycles. The van der Waals surface area contributed by atoms with Crippen molar-refractivity contribution in [1.82, 2.24) is 9.97 Å². The molecule has 66 valence electrons. The van der Waals surface area contributed by atoms with E-state index in [0.29, 0.717) is 0 Å². The lowest BCUT2D eigenvalue weighted by atomic mass is 10.4. The van der Waals surface area contributed by atoms with Gasteiger partial charge in [-0.1, -0.05) is 0 Å². The second-order valence-electron chi connectivity index (χ2n) is 2.80. The summed E-state index contributed by atoms with van der Waals surface area (Å²) in [6.45, 7) is 0. The zero-order chi connectivity index (χ0) is 8.77. The number of imidazole rings is 1. The van der Waals surface area contributed by atoms with Crippen molar-refractivity contribution in [2.45, 2.75) is 24.4 Å². The zero-order valence-electron chi connectivity index (χ0n) is 6.24. The highest BCUT2D eigenvalue weighted by Gasteiger charge is 2.21. The van der Waals surface area contributed by atoms with Crippen LogP contribution in [-0.2, 0) is 23.0 Å². The van der Waals surface area contributed by atoms with Gasteiger partial charge < -0.3 is 4.98 Å². The SMILES string of the molecule is O=S(=O)(O)c1nc2c([nH]1)CCC2. The van der Waals surface area contributed by atoms with Gasteiger partial charge in [-0.15, -0.1) is 0 Å². The first-order valence-electron chi connectivity index (χ1n) is 3.62. The van der Waals surface area contributed by atoms with Gasteiger partial charge in [0.15, 0.2) is 0 Å². The summed E-state index contributed by atoms with van der Waals surface area (Å²) >= 11 is 0. The fraction of sp³-hybridized carbons (Fsp3) is 0.500. The third-order valence-corrected chi connectivity index (χ3v) is 2.61. The summed E-state index contributed by atoms with van der Waals surface area (Å²) < 4.78 is 29.8. The molecule has 0 aromatic carbocycles. The molecule has 2 rings (SSSR count). The quantitative estimate of drug-likeness (QED) is 0.614. The summed E-state index contributed by atoms with van der Waals surface area (Å²) in [6.07, 6.45) is 2.61. The molecule has 0 saturated carbocycles. The van der Waals surface area contributed by atoms with Crippen LogP contribution in [0.25, 0.3) is 0 Å². The zero-order valence-corrected chi connectivity index (χ0v) is 7.06. The van der Waals surface area contributed by atoms with Crippen LogP contribution in [0.15, 0.2) is 5.16 Å². The van der Waals surface area contributed by atoms with Crippen LogP contribution in [0.5, 0.6) is 0 Å². The highest BCUT2D eigenvalue weighted by atomic mass is 32.2. The van der Waals surface area contributed by atoms with Gasteiger partial charge in [0.05, 0.1) is 5.69 Å². The molecule has 1 aliphatic rings. The molecule has 0 atom stereocenters. The molecule has 12 heavy (non-hydrogen) atoms. The first-order chi connectivity index (χ1) is 5.57. The number of aryl methyl sites for hydroxylation is 2. The van der Waals surface area contributed by atoms with Crippen LogP contribution in [-0.4, -0.2) is 22.9 Å². The van der Waals surface area contributed by atoms with E-state index in [2.05, 4.69) is 9.97 Å². The fourth-order valence-electron chi connectivity index (χ4n) is 1.39. The average molecular weight is 188 g/mol. The van der Waals surface area contributed by atoms with Crippen LogP contribution in [0.2, 0.25) is 0 Å². The Balaban J connectivity index is 2.51. The van der Waals surface area contributed by atoms with Crippen LogP contribution in [0, 0.1) is 0 Å². The summed E-state index contributed by atoms with van der Waals surface area (Å²) in [5, 5.41) is -0.327. The lowest BCUT2D eigenvalue weighted by Gasteiger charge is -1.89. The largest absolute Gasteiger partial charge is 0.330 e. The van der Waals surface area contributed by atoms with Gasteiger partial charge in [0, 0.05) is 5.69 Å². The Hall–Kier alpha value is -0.880. The Morgan fingerprint density at radius 3 is 2.75 bits per heavy atom. The van der Waals surface area contributed by atoms with Crippen molar-refractivity contribution in [2.24, 2.45) is 0 Å². The number of nitrogens with zero attached hydrogens (tertiary/aromatic N) is 1. The van der Waals surface area contributed by atoms with Crippen LogP contribution >= 0.6 is 0 Å². The van der Waals surface area contributed by atoms with Gasteiger partial charge >= 0.3 is 10.1 Å². The average Bonchev–Trinajstić information content (AvgIpc) is 2.37. The predicted molar refractivity (Wildman–Crippen MR) is 40.4 cm³/mol. The van der Waals surface area contributed by atoms with Crippen molar-refractivity contribution in [3.05, 3.63) is 11.4 Å². The summed E-state index contributed by atoms with van der Waals surface area (Å²) in [6, 6.07) is 0. The minimum atomic E-state index is -4.15. The van der Waals surface area contributed by atoms with Crippen molar-refractivity contribution in [2.75, 3.05) is 0 Å².